The minimum Gasteiger partial charge on any atom is -0.334 e. The maximum Gasteiger partial charge on any atom is 0.273 e. The Hall–Kier alpha value is -1.79. The Morgan fingerprint density at radius 2 is 2.33 bits per heavy atom. The summed E-state index contributed by atoms with van der Waals surface area (Å²) in [6, 6.07) is 5.63. The summed E-state index contributed by atoms with van der Waals surface area (Å²) < 4.78 is 0. The van der Waals surface area contributed by atoms with Gasteiger partial charge in [-0.05, 0) is 12.1 Å². The van der Waals surface area contributed by atoms with Crippen LogP contribution in [0.3, 0.4) is 0 Å². The van der Waals surface area contributed by atoms with Gasteiger partial charge in [0.1, 0.15) is 10.7 Å². The first-order chi connectivity index (χ1) is 8.70. The molecule has 0 aliphatic heterocycles. The lowest BCUT2D eigenvalue weighted by molar-refractivity contribution is 0.0778. The molecule has 18 heavy (non-hydrogen) atoms. The summed E-state index contributed by atoms with van der Waals surface area (Å²) >= 11 is 1.40. The molecule has 2 aromatic heterocycles. The van der Waals surface area contributed by atoms with E-state index in [0.717, 1.165) is 10.7 Å². The Labute approximate surface area is 109 Å². The van der Waals surface area contributed by atoms with E-state index in [2.05, 4.69) is 9.97 Å². The second-order valence-corrected chi connectivity index (χ2v) is 4.76. The number of rotatable bonds is 4. The summed E-state index contributed by atoms with van der Waals surface area (Å²) in [5.41, 5.74) is 6.77. The molecule has 2 N–H and O–H groups in total. The summed E-state index contributed by atoms with van der Waals surface area (Å²) in [7, 11) is 1.73. The summed E-state index contributed by atoms with van der Waals surface area (Å²) in [6.07, 6.45) is 1.71. The van der Waals surface area contributed by atoms with Gasteiger partial charge < -0.3 is 10.6 Å². The Balaban J connectivity index is 2.05. The van der Waals surface area contributed by atoms with E-state index in [-0.39, 0.29) is 5.91 Å². The largest absolute Gasteiger partial charge is 0.334 e. The third kappa shape index (κ3) is 2.91. The lowest BCUT2D eigenvalue weighted by Gasteiger charge is -2.15. The molecule has 0 radical (unpaired) electrons. The average Bonchev–Trinajstić information content (AvgIpc) is 2.87. The van der Waals surface area contributed by atoms with Crippen LogP contribution >= 0.6 is 11.3 Å². The zero-order chi connectivity index (χ0) is 13.0. The molecule has 0 aliphatic carbocycles. The average molecular weight is 262 g/mol. The highest BCUT2D eigenvalue weighted by atomic mass is 32.1. The maximum absolute atomic E-state index is 12.1. The van der Waals surface area contributed by atoms with E-state index in [0.29, 0.717) is 18.8 Å². The number of aromatic nitrogens is 2. The third-order valence-electron chi connectivity index (χ3n) is 2.42. The SMILES string of the molecule is CN(Cc1ccccn1)C(=O)c1csc(CN)n1. The molecule has 1 amide bonds. The van der Waals surface area contributed by atoms with Crippen LogP contribution in [0.4, 0.5) is 0 Å². The van der Waals surface area contributed by atoms with Gasteiger partial charge in [-0.1, -0.05) is 6.07 Å². The minimum absolute atomic E-state index is 0.114. The van der Waals surface area contributed by atoms with Gasteiger partial charge in [-0.3, -0.25) is 9.78 Å². The topological polar surface area (TPSA) is 72.1 Å². The van der Waals surface area contributed by atoms with E-state index in [1.807, 2.05) is 18.2 Å². The van der Waals surface area contributed by atoms with E-state index >= 15 is 0 Å². The van der Waals surface area contributed by atoms with Gasteiger partial charge in [-0.25, -0.2) is 4.98 Å². The number of thiazole rings is 1. The fourth-order valence-corrected chi connectivity index (χ4v) is 2.15. The van der Waals surface area contributed by atoms with Crippen molar-refractivity contribution in [2.75, 3.05) is 7.05 Å². The van der Waals surface area contributed by atoms with Crippen LogP contribution in [0.15, 0.2) is 29.8 Å². The molecule has 2 aromatic rings. The molecule has 5 nitrogen and oxygen atoms in total. The number of carbonyl (C=O) groups excluding carboxylic acids is 1. The molecule has 6 heteroatoms. The van der Waals surface area contributed by atoms with Crippen LogP contribution in [0.1, 0.15) is 21.2 Å². The van der Waals surface area contributed by atoms with Gasteiger partial charge in [-0.15, -0.1) is 11.3 Å². The molecule has 0 atom stereocenters. The lowest BCUT2D eigenvalue weighted by Crippen LogP contribution is -2.26. The Morgan fingerprint density at radius 3 is 2.94 bits per heavy atom. The quantitative estimate of drug-likeness (QED) is 0.900. The van der Waals surface area contributed by atoms with Crippen molar-refractivity contribution in [3.63, 3.8) is 0 Å². The molecule has 0 saturated carbocycles. The predicted octanol–water partition coefficient (Wildman–Crippen LogP) is 1.27. The van der Waals surface area contributed by atoms with Gasteiger partial charge in [0, 0.05) is 25.2 Å². The smallest absolute Gasteiger partial charge is 0.273 e. The van der Waals surface area contributed by atoms with Gasteiger partial charge in [0.15, 0.2) is 0 Å². The first kappa shape index (κ1) is 12.7. The maximum atomic E-state index is 12.1. The van der Waals surface area contributed by atoms with Crippen molar-refractivity contribution in [3.8, 4) is 0 Å². The Kier molecular flexibility index (Phi) is 4.01. The second kappa shape index (κ2) is 5.70. The zero-order valence-corrected chi connectivity index (χ0v) is 10.9. The van der Waals surface area contributed by atoms with Crippen molar-refractivity contribution in [1.29, 1.82) is 0 Å². The fourth-order valence-electron chi connectivity index (χ4n) is 1.50. The monoisotopic (exact) mass is 262 g/mol. The van der Waals surface area contributed by atoms with Crippen molar-refractivity contribution < 1.29 is 4.79 Å². The van der Waals surface area contributed by atoms with Gasteiger partial charge >= 0.3 is 0 Å². The van der Waals surface area contributed by atoms with Gasteiger partial charge in [0.2, 0.25) is 0 Å². The van der Waals surface area contributed by atoms with Crippen molar-refractivity contribution in [2.24, 2.45) is 5.73 Å². The molecular formula is C12H14N4OS. The van der Waals surface area contributed by atoms with Crippen molar-refractivity contribution in [3.05, 3.63) is 46.2 Å². The summed E-state index contributed by atoms with van der Waals surface area (Å²) in [4.78, 5) is 22.0. The van der Waals surface area contributed by atoms with E-state index in [1.165, 1.54) is 11.3 Å². The first-order valence-corrected chi connectivity index (χ1v) is 6.38. The summed E-state index contributed by atoms with van der Waals surface area (Å²) in [5.74, 6) is -0.114. The van der Waals surface area contributed by atoms with Crippen LogP contribution in [0.5, 0.6) is 0 Å². The van der Waals surface area contributed by atoms with Crippen LogP contribution in [0.2, 0.25) is 0 Å². The minimum atomic E-state index is -0.114. The second-order valence-electron chi connectivity index (χ2n) is 3.81. The molecule has 2 heterocycles. The number of amides is 1. The molecule has 0 spiro atoms. The number of nitrogens with two attached hydrogens (primary N) is 1. The van der Waals surface area contributed by atoms with Crippen LogP contribution in [-0.4, -0.2) is 27.8 Å². The highest BCUT2D eigenvalue weighted by molar-refractivity contribution is 7.09. The molecule has 0 bridgehead atoms. The molecule has 0 aromatic carbocycles. The van der Waals surface area contributed by atoms with Crippen molar-refractivity contribution in [2.45, 2.75) is 13.1 Å². The van der Waals surface area contributed by atoms with Gasteiger partial charge in [0.05, 0.1) is 12.2 Å². The summed E-state index contributed by atoms with van der Waals surface area (Å²) in [5, 5.41) is 2.50. The van der Waals surface area contributed by atoms with Crippen molar-refractivity contribution >= 4 is 17.2 Å². The molecule has 0 unspecified atom stereocenters. The summed E-state index contributed by atoms with van der Waals surface area (Å²) in [6.45, 7) is 0.830. The van der Waals surface area contributed by atoms with Gasteiger partial charge in [-0.2, -0.15) is 0 Å². The zero-order valence-electron chi connectivity index (χ0n) is 10.0. The van der Waals surface area contributed by atoms with Crippen LogP contribution in [0.25, 0.3) is 0 Å². The lowest BCUT2D eigenvalue weighted by atomic mass is 10.3. The molecule has 0 fully saturated rings. The standard InChI is InChI=1S/C12H14N4OS/c1-16(7-9-4-2-3-5-14-9)12(17)10-8-18-11(6-13)15-10/h2-5,8H,6-7,13H2,1H3. The highest BCUT2D eigenvalue weighted by Crippen LogP contribution is 2.11. The molecule has 94 valence electrons. The number of nitrogens with zero attached hydrogens (tertiary/aromatic N) is 3. The molecular weight excluding hydrogens is 248 g/mol. The molecule has 0 aliphatic rings. The van der Waals surface area contributed by atoms with Crippen molar-refractivity contribution in [1.82, 2.24) is 14.9 Å². The van der Waals surface area contributed by atoms with Crippen LogP contribution in [-0.2, 0) is 13.1 Å². The Morgan fingerprint density at radius 1 is 1.50 bits per heavy atom. The van der Waals surface area contributed by atoms with E-state index in [1.54, 1.807) is 23.5 Å². The normalized spacial score (nSPS) is 10.3. The number of carbonyl (C=O) groups is 1. The molecule has 0 saturated heterocycles. The third-order valence-corrected chi connectivity index (χ3v) is 3.29. The predicted molar refractivity (Wildman–Crippen MR) is 70.0 cm³/mol. The highest BCUT2D eigenvalue weighted by Gasteiger charge is 2.15. The fraction of sp³-hybridized carbons (Fsp3) is 0.250. The van der Waals surface area contributed by atoms with E-state index in [4.69, 9.17) is 5.73 Å². The number of hydrogen-bond acceptors (Lipinski definition) is 5. The van der Waals surface area contributed by atoms with Crippen LogP contribution < -0.4 is 5.73 Å². The van der Waals surface area contributed by atoms with Crippen LogP contribution in [0, 0.1) is 0 Å². The van der Waals surface area contributed by atoms with Gasteiger partial charge in [0.25, 0.3) is 5.91 Å². The number of pyridine rings is 1. The van der Waals surface area contributed by atoms with E-state index in [9.17, 15) is 4.79 Å². The first-order valence-electron chi connectivity index (χ1n) is 5.50. The van der Waals surface area contributed by atoms with E-state index < -0.39 is 0 Å². The Bertz CT molecular complexity index is 526. The number of hydrogen-bond donors (Lipinski definition) is 1. The molecule has 2 rings (SSSR count).